The van der Waals surface area contributed by atoms with Crippen LogP contribution in [0.1, 0.15) is 23.7 Å². The van der Waals surface area contributed by atoms with E-state index in [1.807, 2.05) is 6.07 Å². The Morgan fingerprint density at radius 3 is 2.62 bits per heavy atom. The number of thiol groups is 1. The van der Waals surface area contributed by atoms with Crippen molar-refractivity contribution in [3.8, 4) is 6.07 Å². The number of halogens is 1. The summed E-state index contributed by atoms with van der Waals surface area (Å²) in [7, 11) is 0. The molecule has 2 atom stereocenters. The second-order valence-corrected chi connectivity index (χ2v) is 4.29. The van der Waals surface area contributed by atoms with Gasteiger partial charge >= 0.3 is 0 Å². The fraction of sp³-hybridized carbons (Fsp3) is 0.364. The fourth-order valence-corrected chi connectivity index (χ4v) is 1.87. The number of rotatable bonds is 4. The van der Waals surface area contributed by atoms with Gasteiger partial charge in [0, 0.05) is 5.02 Å². The molecule has 0 saturated heterocycles. The van der Waals surface area contributed by atoms with Crippen LogP contribution < -0.4 is 0 Å². The van der Waals surface area contributed by atoms with E-state index < -0.39 is 12.2 Å². The van der Waals surface area contributed by atoms with E-state index in [2.05, 4.69) is 12.6 Å². The maximum absolute atomic E-state index is 9.81. The Labute approximate surface area is 105 Å². The summed E-state index contributed by atoms with van der Waals surface area (Å²) in [6.07, 6.45) is -1.57. The van der Waals surface area contributed by atoms with Crippen molar-refractivity contribution < 1.29 is 10.2 Å². The van der Waals surface area contributed by atoms with Crippen LogP contribution in [0.3, 0.4) is 0 Å². The molecular weight excluding hydrogens is 246 g/mol. The smallest absolute Gasteiger partial charge is 0.105 e. The minimum atomic E-state index is -1.04. The number of hydrogen-bond acceptors (Lipinski definition) is 4. The van der Waals surface area contributed by atoms with Crippen LogP contribution in [0.4, 0.5) is 0 Å². The van der Waals surface area contributed by atoms with Gasteiger partial charge in [0.1, 0.15) is 6.10 Å². The summed E-state index contributed by atoms with van der Waals surface area (Å²) >= 11 is 9.77. The molecule has 0 radical (unpaired) electrons. The topological polar surface area (TPSA) is 64.2 Å². The van der Waals surface area contributed by atoms with Crippen LogP contribution in [-0.4, -0.2) is 22.1 Å². The van der Waals surface area contributed by atoms with Gasteiger partial charge in [-0.25, -0.2) is 0 Å². The van der Waals surface area contributed by atoms with Gasteiger partial charge in [0.15, 0.2) is 0 Å². The zero-order valence-corrected chi connectivity index (χ0v) is 10.1. The van der Waals surface area contributed by atoms with Crippen LogP contribution in [0.5, 0.6) is 0 Å². The van der Waals surface area contributed by atoms with Crippen molar-refractivity contribution in [1.82, 2.24) is 0 Å². The van der Waals surface area contributed by atoms with Gasteiger partial charge in [0.05, 0.1) is 17.7 Å². The van der Waals surface area contributed by atoms with Gasteiger partial charge in [0.25, 0.3) is 0 Å². The van der Waals surface area contributed by atoms with Crippen molar-refractivity contribution in [2.24, 2.45) is 0 Å². The molecule has 2 unspecified atom stereocenters. The average molecular weight is 258 g/mol. The predicted molar refractivity (Wildman–Crippen MR) is 65.6 cm³/mol. The summed E-state index contributed by atoms with van der Waals surface area (Å²) in [5.41, 5.74) is 0.804. The first-order valence-corrected chi connectivity index (χ1v) is 5.77. The van der Waals surface area contributed by atoms with Crippen LogP contribution in [0.15, 0.2) is 18.2 Å². The predicted octanol–water partition coefficient (Wildman–Crippen LogP) is 1.93. The largest absolute Gasteiger partial charge is 0.390 e. The third-order valence-electron chi connectivity index (χ3n) is 2.18. The van der Waals surface area contributed by atoms with Crippen molar-refractivity contribution in [2.45, 2.75) is 18.6 Å². The van der Waals surface area contributed by atoms with Crippen LogP contribution >= 0.6 is 24.2 Å². The van der Waals surface area contributed by atoms with Gasteiger partial charge in [0.2, 0.25) is 0 Å². The molecule has 0 bridgehead atoms. The van der Waals surface area contributed by atoms with Crippen molar-refractivity contribution in [3.63, 3.8) is 0 Å². The molecule has 1 rings (SSSR count). The van der Waals surface area contributed by atoms with Crippen molar-refractivity contribution in [1.29, 1.82) is 5.26 Å². The highest BCUT2D eigenvalue weighted by Crippen LogP contribution is 2.24. The zero-order chi connectivity index (χ0) is 12.1. The molecule has 0 aliphatic carbocycles. The highest BCUT2D eigenvalue weighted by atomic mass is 35.5. The molecular formula is C11H12ClNO2S. The van der Waals surface area contributed by atoms with E-state index in [0.29, 0.717) is 28.3 Å². The molecule has 0 saturated carbocycles. The van der Waals surface area contributed by atoms with Gasteiger partial charge in [-0.15, -0.1) is 0 Å². The molecule has 86 valence electrons. The third kappa shape index (κ3) is 3.39. The van der Waals surface area contributed by atoms with Gasteiger partial charge in [-0.1, -0.05) is 11.6 Å². The van der Waals surface area contributed by atoms with Crippen molar-refractivity contribution in [3.05, 3.63) is 34.3 Å². The first-order chi connectivity index (χ1) is 7.58. The SMILES string of the molecule is N#Cc1cc(Cl)cc(C(O)C(O)CCS)c1. The summed E-state index contributed by atoms with van der Waals surface area (Å²) in [6, 6.07) is 6.49. The molecule has 0 spiro atoms. The molecule has 0 aliphatic heterocycles. The van der Waals surface area contributed by atoms with E-state index in [9.17, 15) is 10.2 Å². The third-order valence-corrected chi connectivity index (χ3v) is 2.66. The molecule has 0 aliphatic rings. The molecule has 1 aromatic carbocycles. The van der Waals surface area contributed by atoms with Gasteiger partial charge in [-0.2, -0.15) is 17.9 Å². The lowest BCUT2D eigenvalue weighted by atomic mass is 10.0. The first kappa shape index (κ1) is 13.3. The Bertz CT molecular complexity index is 405. The zero-order valence-electron chi connectivity index (χ0n) is 8.47. The second kappa shape index (κ2) is 6.12. The lowest BCUT2D eigenvalue weighted by molar-refractivity contribution is 0.0172. The van der Waals surface area contributed by atoms with Crippen molar-refractivity contribution >= 4 is 24.2 Å². The van der Waals surface area contributed by atoms with E-state index in [0.717, 1.165) is 0 Å². The average Bonchev–Trinajstić information content (AvgIpc) is 2.27. The highest BCUT2D eigenvalue weighted by Gasteiger charge is 2.18. The summed E-state index contributed by atoms with van der Waals surface area (Å²) in [5, 5.41) is 28.5. The molecule has 5 heteroatoms. The van der Waals surface area contributed by atoms with Crippen LogP contribution in [-0.2, 0) is 0 Å². The fourth-order valence-electron chi connectivity index (χ4n) is 1.36. The number of nitriles is 1. The Balaban J connectivity index is 2.95. The molecule has 3 nitrogen and oxygen atoms in total. The first-order valence-electron chi connectivity index (χ1n) is 4.76. The monoisotopic (exact) mass is 257 g/mol. The minimum absolute atomic E-state index is 0.361. The quantitative estimate of drug-likeness (QED) is 0.722. The lowest BCUT2D eigenvalue weighted by Gasteiger charge is -2.17. The van der Waals surface area contributed by atoms with E-state index in [1.54, 1.807) is 0 Å². The summed E-state index contributed by atoms with van der Waals surface area (Å²) in [4.78, 5) is 0. The Morgan fingerprint density at radius 1 is 1.38 bits per heavy atom. The molecule has 0 heterocycles. The van der Waals surface area contributed by atoms with E-state index in [1.165, 1.54) is 18.2 Å². The lowest BCUT2D eigenvalue weighted by Crippen LogP contribution is -2.18. The minimum Gasteiger partial charge on any atom is -0.390 e. The normalized spacial score (nSPS) is 14.2. The highest BCUT2D eigenvalue weighted by molar-refractivity contribution is 7.80. The van der Waals surface area contributed by atoms with Crippen LogP contribution in [0.2, 0.25) is 5.02 Å². The van der Waals surface area contributed by atoms with E-state index in [-0.39, 0.29) is 0 Å². The summed E-state index contributed by atoms with van der Waals surface area (Å²) in [5.74, 6) is 0.476. The summed E-state index contributed by atoms with van der Waals surface area (Å²) < 4.78 is 0. The maximum atomic E-state index is 9.81. The molecule has 2 N–H and O–H groups in total. The second-order valence-electron chi connectivity index (χ2n) is 3.41. The molecule has 0 aromatic heterocycles. The molecule has 0 fully saturated rings. The number of nitrogens with zero attached hydrogens (tertiary/aromatic N) is 1. The summed E-state index contributed by atoms with van der Waals surface area (Å²) in [6.45, 7) is 0. The molecule has 16 heavy (non-hydrogen) atoms. The van der Waals surface area contributed by atoms with E-state index >= 15 is 0 Å². The number of aliphatic hydroxyl groups is 2. The maximum Gasteiger partial charge on any atom is 0.105 e. The van der Waals surface area contributed by atoms with Crippen molar-refractivity contribution in [2.75, 3.05) is 5.75 Å². The standard InChI is InChI=1S/C11H12ClNO2S/c12-9-4-7(6-13)3-8(5-9)11(15)10(14)1-2-16/h3-5,10-11,14-16H,1-2H2. The Hall–Kier alpha value is -0.730. The molecule has 0 amide bonds. The number of hydrogen-bond donors (Lipinski definition) is 3. The van der Waals surface area contributed by atoms with Gasteiger partial charge < -0.3 is 10.2 Å². The number of aliphatic hydroxyl groups excluding tert-OH is 2. The van der Waals surface area contributed by atoms with Crippen LogP contribution in [0.25, 0.3) is 0 Å². The van der Waals surface area contributed by atoms with Crippen LogP contribution in [0, 0.1) is 11.3 Å². The Morgan fingerprint density at radius 2 is 2.06 bits per heavy atom. The van der Waals surface area contributed by atoms with Gasteiger partial charge in [-0.3, -0.25) is 0 Å². The Kier molecular flexibility index (Phi) is 5.10. The van der Waals surface area contributed by atoms with E-state index in [4.69, 9.17) is 16.9 Å². The molecule has 1 aromatic rings. The number of benzene rings is 1. The van der Waals surface area contributed by atoms with Gasteiger partial charge in [-0.05, 0) is 35.9 Å².